The number of nitrogens with zero attached hydrogens (tertiary/aromatic N) is 1. The fourth-order valence-corrected chi connectivity index (χ4v) is 2.15. The van der Waals surface area contributed by atoms with Crippen LogP contribution in [0.5, 0.6) is 0 Å². The summed E-state index contributed by atoms with van der Waals surface area (Å²) in [4.78, 5) is 24.4. The van der Waals surface area contributed by atoms with Gasteiger partial charge in [0.2, 0.25) is 5.91 Å². The van der Waals surface area contributed by atoms with Crippen LogP contribution >= 0.6 is 0 Å². The summed E-state index contributed by atoms with van der Waals surface area (Å²) >= 11 is 0. The highest BCUT2D eigenvalue weighted by Gasteiger charge is 2.19. The summed E-state index contributed by atoms with van der Waals surface area (Å²) < 4.78 is 0. The van der Waals surface area contributed by atoms with Gasteiger partial charge in [-0.05, 0) is 31.5 Å². The second-order valence-corrected chi connectivity index (χ2v) is 4.64. The van der Waals surface area contributed by atoms with E-state index in [1.54, 1.807) is 0 Å². The Morgan fingerprint density at radius 2 is 1.95 bits per heavy atom. The van der Waals surface area contributed by atoms with Crippen molar-refractivity contribution in [3.63, 3.8) is 0 Å². The van der Waals surface area contributed by atoms with E-state index >= 15 is 0 Å². The fourth-order valence-electron chi connectivity index (χ4n) is 2.15. The molecule has 0 aliphatic heterocycles. The molecule has 0 unspecified atom stereocenters. The lowest BCUT2D eigenvalue weighted by molar-refractivity contribution is -0.141. The van der Waals surface area contributed by atoms with Gasteiger partial charge < -0.3 is 15.3 Å². The van der Waals surface area contributed by atoms with Crippen LogP contribution in [0.3, 0.4) is 0 Å². The average Bonchev–Trinajstić information content (AvgIpc) is 2.39. The van der Waals surface area contributed by atoms with Crippen LogP contribution in [0.25, 0.3) is 0 Å². The third kappa shape index (κ3) is 4.57. The molecule has 0 aliphatic rings. The molecule has 5 heteroatoms. The van der Waals surface area contributed by atoms with E-state index in [0.717, 1.165) is 24.3 Å². The minimum Gasteiger partial charge on any atom is -0.480 e. The number of anilines is 1. The van der Waals surface area contributed by atoms with Gasteiger partial charge >= 0.3 is 5.97 Å². The molecule has 1 rings (SSSR count). The van der Waals surface area contributed by atoms with Gasteiger partial charge in [0.15, 0.2) is 0 Å². The van der Waals surface area contributed by atoms with Gasteiger partial charge in [-0.2, -0.15) is 0 Å². The van der Waals surface area contributed by atoms with Crippen molar-refractivity contribution in [3.05, 3.63) is 29.8 Å². The van der Waals surface area contributed by atoms with Gasteiger partial charge in [0.25, 0.3) is 0 Å². The van der Waals surface area contributed by atoms with E-state index in [0.29, 0.717) is 0 Å². The van der Waals surface area contributed by atoms with Gasteiger partial charge in [-0.1, -0.05) is 12.1 Å². The maximum atomic E-state index is 11.1. The first kappa shape index (κ1) is 16.0. The number of nitrogens with one attached hydrogen (secondary N) is 1. The maximum absolute atomic E-state index is 11.1. The van der Waals surface area contributed by atoms with Gasteiger partial charge in [0, 0.05) is 32.1 Å². The normalized spacial score (nSPS) is 11.8. The smallest absolute Gasteiger partial charge is 0.326 e. The predicted octanol–water partition coefficient (Wildman–Crippen LogP) is 1.66. The molecule has 0 aliphatic carbocycles. The lowest BCUT2D eigenvalue weighted by atomic mass is 10.0. The molecule has 1 amide bonds. The number of carboxylic acid groups (broad SMARTS) is 1. The van der Waals surface area contributed by atoms with Crippen molar-refractivity contribution in [2.45, 2.75) is 33.2 Å². The molecule has 20 heavy (non-hydrogen) atoms. The largest absolute Gasteiger partial charge is 0.480 e. The van der Waals surface area contributed by atoms with Crippen molar-refractivity contribution in [1.82, 2.24) is 5.32 Å². The zero-order chi connectivity index (χ0) is 15.1. The van der Waals surface area contributed by atoms with Crippen molar-refractivity contribution >= 4 is 17.6 Å². The Kier molecular flexibility index (Phi) is 6.03. The Hall–Kier alpha value is -2.04. The molecule has 0 heterocycles. The molecule has 5 nitrogen and oxygen atoms in total. The molecule has 1 aromatic carbocycles. The number of amides is 1. The monoisotopic (exact) mass is 278 g/mol. The summed E-state index contributed by atoms with van der Waals surface area (Å²) in [6.07, 6.45) is 0.282. The fraction of sp³-hybridized carbons (Fsp3) is 0.467. The Bertz CT molecular complexity index is 470. The number of hydrogen-bond acceptors (Lipinski definition) is 3. The quantitative estimate of drug-likeness (QED) is 0.796. The van der Waals surface area contributed by atoms with E-state index in [2.05, 4.69) is 24.1 Å². The molecule has 2 N–H and O–H groups in total. The highest BCUT2D eigenvalue weighted by molar-refractivity contribution is 5.82. The Labute approximate surface area is 119 Å². The molecule has 0 spiro atoms. The molecule has 0 radical (unpaired) electrons. The highest BCUT2D eigenvalue weighted by atomic mass is 16.4. The Morgan fingerprint density at radius 3 is 2.45 bits per heavy atom. The molecular formula is C15H22N2O3. The number of hydrogen-bond donors (Lipinski definition) is 2. The van der Waals surface area contributed by atoms with E-state index < -0.39 is 12.0 Å². The summed E-state index contributed by atoms with van der Waals surface area (Å²) in [6.45, 7) is 7.27. The second-order valence-electron chi connectivity index (χ2n) is 4.64. The molecular weight excluding hydrogens is 256 g/mol. The van der Waals surface area contributed by atoms with Crippen molar-refractivity contribution in [1.29, 1.82) is 0 Å². The van der Waals surface area contributed by atoms with Gasteiger partial charge in [0.1, 0.15) is 6.04 Å². The SMILES string of the molecule is CCN(CC)c1cccc(C[C@@H](NC(C)=O)C(=O)O)c1. The second kappa shape index (κ2) is 7.53. The zero-order valence-electron chi connectivity index (χ0n) is 12.2. The van der Waals surface area contributed by atoms with Crippen LogP contribution in [0.2, 0.25) is 0 Å². The summed E-state index contributed by atoms with van der Waals surface area (Å²) in [6, 6.07) is 6.88. The molecule has 0 fully saturated rings. The van der Waals surface area contributed by atoms with Crippen molar-refractivity contribution in [2.24, 2.45) is 0 Å². The third-order valence-electron chi connectivity index (χ3n) is 3.15. The first-order chi connectivity index (χ1) is 9.47. The van der Waals surface area contributed by atoms with E-state index in [9.17, 15) is 9.59 Å². The third-order valence-corrected chi connectivity index (χ3v) is 3.15. The van der Waals surface area contributed by atoms with Crippen molar-refractivity contribution < 1.29 is 14.7 Å². The lowest BCUT2D eigenvalue weighted by Gasteiger charge is -2.22. The number of carboxylic acids is 1. The maximum Gasteiger partial charge on any atom is 0.326 e. The van der Waals surface area contributed by atoms with Gasteiger partial charge in [-0.3, -0.25) is 4.79 Å². The Morgan fingerprint density at radius 1 is 1.30 bits per heavy atom. The van der Waals surface area contributed by atoms with Crippen LogP contribution < -0.4 is 10.2 Å². The zero-order valence-corrected chi connectivity index (χ0v) is 12.2. The number of carbonyl (C=O) groups is 2. The van der Waals surface area contributed by atoms with Crippen LogP contribution in [0.4, 0.5) is 5.69 Å². The summed E-state index contributed by atoms with van der Waals surface area (Å²) in [7, 11) is 0. The highest BCUT2D eigenvalue weighted by Crippen LogP contribution is 2.17. The van der Waals surface area contributed by atoms with Crippen molar-refractivity contribution in [3.8, 4) is 0 Å². The number of rotatable bonds is 7. The standard InChI is InChI=1S/C15H22N2O3/c1-4-17(5-2)13-8-6-7-12(9-13)10-14(15(19)20)16-11(3)18/h6-9,14H,4-5,10H2,1-3H3,(H,16,18)(H,19,20)/t14-/m1/s1. The minimum absolute atomic E-state index is 0.282. The van der Waals surface area contributed by atoms with Gasteiger partial charge in [-0.25, -0.2) is 4.79 Å². The predicted molar refractivity (Wildman–Crippen MR) is 78.9 cm³/mol. The number of benzene rings is 1. The molecule has 0 aromatic heterocycles. The first-order valence-corrected chi connectivity index (χ1v) is 6.81. The molecule has 0 saturated heterocycles. The molecule has 110 valence electrons. The number of carbonyl (C=O) groups excluding carboxylic acids is 1. The number of aliphatic carboxylic acids is 1. The van der Waals surface area contributed by atoms with Gasteiger partial charge in [0.05, 0.1) is 0 Å². The topological polar surface area (TPSA) is 69.6 Å². The molecule has 1 aromatic rings. The summed E-state index contributed by atoms with van der Waals surface area (Å²) in [5.74, 6) is -1.36. The van der Waals surface area contributed by atoms with Crippen LogP contribution in [-0.2, 0) is 16.0 Å². The van der Waals surface area contributed by atoms with Crippen LogP contribution in [0.15, 0.2) is 24.3 Å². The van der Waals surface area contributed by atoms with Crippen LogP contribution in [-0.4, -0.2) is 36.1 Å². The molecule has 1 atom stereocenters. The van der Waals surface area contributed by atoms with Crippen LogP contribution in [0, 0.1) is 0 Å². The van der Waals surface area contributed by atoms with Crippen LogP contribution in [0.1, 0.15) is 26.3 Å². The van der Waals surface area contributed by atoms with E-state index in [-0.39, 0.29) is 12.3 Å². The summed E-state index contributed by atoms with van der Waals surface area (Å²) in [5, 5.41) is 11.6. The lowest BCUT2D eigenvalue weighted by Crippen LogP contribution is -2.41. The van der Waals surface area contributed by atoms with E-state index in [1.807, 2.05) is 24.3 Å². The minimum atomic E-state index is -1.02. The van der Waals surface area contributed by atoms with Gasteiger partial charge in [-0.15, -0.1) is 0 Å². The van der Waals surface area contributed by atoms with E-state index in [4.69, 9.17) is 5.11 Å². The van der Waals surface area contributed by atoms with E-state index in [1.165, 1.54) is 6.92 Å². The molecule has 0 saturated carbocycles. The average molecular weight is 278 g/mol. The molecule has 0 bridgehead atoms. The Balaban J connectivity index is 2.88. The first-order valence-electron chi connectivity index (χ1n) is 6.81. The summed E-state index contributed by atoms with van der Waals surface area (Å²) in [5.41, 5.74) is 1.97. The van der Waals surface area contributed by atoms with Crippen molar-refractivity contribution in [2.75, 3.05) is 18.0 Å².